The fourth-order valence-electron chi connectivity index (χ4n) is 1.47. The van der Waals surface area contributed by atoms with Gasteiger partial charge < -0.3 is 14.7 Å². The summed E-state index contributed by atoms with van der Waals surface area (Å²) in [4.78, 5) is 23.7. The van der Waals surface area contributed by atoms with Crippen molar-refractivity contribution in [3.05, 3.63) is 34.3 Å². The molecule has 1 amide bonds. The van der Waals surface area contributed by atoms with E-state index in [0.29, 0.717) is 0 Å². The minimum absolute atomic E-state index is 0.124. The van der Waals surface area contributed by atoms with Gasteiger partial charge in [-0.15, -0.1) is 0 Å². The summed E-state index contributed by atoms with van der Waals surface area (Å²) in [5.41, 5.74) is 0.857. The predicted octanol–water partition coefficient (Wildman–Crippen LogP) is 1.51. The lowest BCUT2D eigenvalue weighted by molar-refractivity contribution is -0.146. The maximum absolute atomic E-state index is 11.7. The van der Waals surface area contributed by atoms with E-state index < -0.39 is 5.97 Å². The van der Waals surface area contributed by atoms with Crippen molar-refractivity contribution in [1.29, 1.82) is 0 Å². The Hall–Kier alpha value is -1.40. The first-order valence-corrected chi connectivity index (χ1v) is 6.05. The van der Waals surface area contributed by atoms with E-state index in [0.717, 1.165) is 10.0 Å². The Morgan fingerprint density at radius 3 is 2.72 bits per heavy atom. The average molecular weight is 316 g/mol. The molecule has 5 nitrogen and oxygen atoms in total. The van der Waals surface area contributed by atoms with Gasteiger partial charge in [0.1, 0.15) is 13.2 Å². The van der Waals surface area contributed by atoms with Gasteiger partial charge in [-0.1, -0.05) is 28.1 Å². The van der Waals surface area contributed by atoms with Crippen LogP contribution in [0.25, 0.3) is 0 Å². The molecule has 1 rings (SSSR count). The van der Waals surface area contributed by atoms with Gasteiger partial charge in [0.2, 0.25) is 5.91 Å². The van der Waals surface area contributed by atoms with Crippen molar-refractivity contribution in [2.45, 2.75) is 6.54 Å². The monoisotopic (exact) mass is 315 g/mol. The molecular weight excluding hydrogens is 302 g/mol. The summed E-state index contributed by atoms with van der Waals surface area (Å²) in [7, 11) is 1.40. The predicted molar refractivity (Wildman–Crippen MR) is 69.1 cm³/mol. The molecule has 0 aliphatic rings. The van der Waals surface area contributed by atoms with Gasteiger partial charge in [0, 0.05) is 18.1 Å². The molecule has 1 aromatic carbocycles. The number of aliphatic carboxylic acids is 1. The van der Waals surface area contributed by atoms with Crippen molar-refractivity contribution >= 4 is 27.8 Å². The molecule has 0 saturated heterocycles. The van der Waals surface area contributed by atoms with E-state index >= 15 is 0 Å². The number of methoxy groups -OCH3 is 1. The second-order valence-electron chi connectivity index (χ2n) is 3.71. The SMILES string of the molecule is COCC(=O)N(CC(=O)O)Cc1cccc(Br)c1. The van der Waals surface area contributed by atoms with E-state index in [2.05, 4.69) is 15.9 Å². The normalized spacial score (nSPS) is 10.1. The number of ether oxygens (including phenoxy) is 1. The molecule has 0 spiro atoms. The van der Waals surface area contributed by atoms with Gasteiger partial charge in [-0.3, -0.25) is 9.59 Å². The summed E-state index contributed by atoms with van der Waals surface area (Å²) in [6, 6.07) is 7.37. The largest absolute Gasteiger partial charge is 0.480 e. The van der Waals surface area contributed by atoms with Crippen molar-refractivity contribution < 1.29 is 19.4 Å². The van der Waals surface area contributed by atoms with E-state index in [1.54, 1.807) is 0 Å². The van der Waals surface area contributed by atoms with Crippen LogP contribution in [0.15, 0.2) is 28.7 Å². The number of amides is 1. The summed E-state index contributed by atoms with van der Waals surface area (Å²) in [6.45, 7) is -0.218. The molecule has 1 aromatic rings. The van der Waals surface area contributed by atoms with E-state index in [1.165, 1.54) is 12.0 Å². The van der Waals surface area contributed by atoms with Gasteiger partial charge in [0.05, 0.1) is 0 Å². The topological polar surface area (TPSA) is 66.8 Å². The second kappa shape index (κ2) is 7.13. The highest BCUT2D eigenvalue weighted by atomic mass is 79.9. The maximum Gasteiger partial charge on any atom is 0.323 e. The number of benzene rings is 1. The number of nitrogens with zero attached hydrogens (tertiary/aromatic N) is 1. The van der Waals surface area contributed by atoms with Gasteiger partial charge in [-0.05, 0) is 17.7 Å². The Bertz CT molecular complexity index is 436. The summed E-state index contributed by atoms with van der Waals surface area (Å²) >= 11 is 3.33. The van der Waals surface area contributed by atoms with Crippen LogP contribution in [0.1, 0.15) is 5.56 Å². The number of carboxylic acids is 1. The molecule has 98 valence electrons. The first-order valence-electron chi connectivity index (χ1n) is 5.26. The van der Waals surface area contributed by atoms with Crippen LogP contribution >= 0.6 is 15.9 Å². The minimum Gasteiger partial charge on any atom is -0.480 e. The Morgan fingerprint density at radius 2 is 2.17 bits per heavy atom. The quantitative estimate of drug-likeness (QED) is 0.864. The third-order valence-electron chi connectivity index (χ3n) is 2.21. The van der Waals surface area contributed by atoms with Crippen molar-refractivity contribution in [1.82, 2.24) is 4.90 Å². The second-order valence-corrected chi connectivity index (χ2v) is 4.62. The van der Waals surface area contributed by atoms with Crippen molar-refractivity contribution in [2.75, 3.05) is 20.3 Å². The highest BCUT2D eigenvalue weighted by molar-refractivity contribution is 9.10. The van der Waals surface area contributed by atoms with E-state index in [1.807, 2.05) is 24.3 Å². The number of carbonyl (C=O) groups excluding carboxylic acids is 1. The molecule has 0 aliphatic heterocycles. The number of halogens is 1. The highest BCUT2D eigenvalue weighted by Crippen LogP contribution is 2.13. The zero-order valence-corrected chi connectivity index (χ0v) is 11.5. The lowest BCUT2D eigenvalue weighted by Gasteiger charge is -2.20. The molecule has 0 saturated carbocycles. The summed E-state index contributed by atoms with van der Waals surface area (Å²) < 4.78 is 5.62. The molecule has 6 heteroatoms. The molecule has 0 fully saturated rings. The molecule has 0 unspecified atom stereocenters. The van der Waals surface area contributed by atoms with Crippen LogP contribution in [0.3, 0.4) is 0 Å². The zero-order chi connectivity index (χ0) is 13.5. The highest BCUT2D eigenvalue weighted by Gasteiger charge is 2.16. The summed E-state index contributed by atoms with van der Waals surface area (Å²) in [6.07, 6.45) is 0. The standard InChI is InChI=1S/C12H14BrNO4/c1-18-8-11(15)14(7-12(16)17)6-9-3-2-4-10(13)5-9/h2-5H,6-8H2,1H3,(H,16,17). The van der Waals surface area contributed by atoms with Crippen molar-refractivity contribution in [2.24, 2.45) is 0 Å². The van der Waals surface area contributed by atoms with Gasteiger partial charge in [0.25, 0.3) is 0 Å². The molecule has 1 N–H and O–H groups in total. The van der Waals surface area contributed by atoms with Gasteiger partial charge in [-0.25, -0.2) is 0 Å². The Morgan fingerprint density at radius 1 is 1.44 bits per heavy atom. The van der Waals surface area contributed by atoms with E-state index in [-0.39, 0.29) is 25.6 Å². The van der Waals surface area contributed by atoms with E-state index in [4.69, 9.17) is 9.84 Å². The molecule has 0 radical (unpaired) electrons. The first kappa shape index (κ1) is 14.7. The molecule has 0 aliphatic carbocycles. The van der Waals surface area contributed by atoms with Crippen LogP contribution in [-0.2, 0) is 20.9 Å². The Labute approximate surface area is 113 Å². The number of carboxylic acid groups (broad SMARTS) is 1. The van der Waals surface area contributed by atoms with Gasteiger partial charge in [-0.2, -0.15) is 0 Å². The molecular formula is C12H14BrNO4. The molecule has 18 heavy (non-hydrogen) atoms. The van der Waals surface area contributed by atoms with Gasteiger partial charge >= 0.3 is 5.97 Å². The Kier molecular flexibility index (Phi) is 5.80. The molecule has 0 aromatic heterocycles. The third-order valence-corrected chi connectivity index (χ3v) is 2.70. The Balaban J connectivity index is 2.77. The van der Waals surface area contributed by atoms with Crippen LogP contribution in [0, 0.1) is 0 Å². The van der Waals surface area contributed by atoms with Crippen LogP contribution in [0.4, 0.5) is 0 Å². The number of hydrogen-bond donors (Lipinski definition) is 1. The van der Waals surface area contributed by atoms with Crippen LogP contribution in [0.2, 0.25) is 0 Å². The van der Waals surface area contributed by atoms with Crippen LogP contribution in [-0.4, -0.2) is 42.1 Å². The smallest absolute Gasteiger partial charge is 0.323 e. The number of rotatable bonds is 6. The number of carbonyl (C=O) groups is 2. The summed E-state index contributed by atoms with van der Waals surface area (Å²) in [5.74, 6) is -1.39. The molecule has 0 atom stereocenters. The van der Waals surface area contributed by atoms with Crippen LogP contribution < -0.4 is 0 Å². The average Bonchev–Trinajstić information content (AvgIpc) is 2.28. The van der Waals surface area contributed by atoms with Crippen molar-refractivity contribution in [3.63, 3.8) is 0 Å². The summed E-state index contributed by atoms with van der Waals surface area (Å²) in [5, 5.41) is 8.79. The first-order chi connectivity index (χ1) is 8.52. The van der Waals surface area contributed by atoms with E-state index in [9.17, 15) is 9.59 Å². The molecule has 0 bridgehead atoms. The molecule has 0 heterocycles. The zero-order valence-electron chi connectivity index (χ0n) is 9.93. The lowest BCUT2D eigenvalue weighted by atomic mass is 10.2. The fraction of sp³-hybridized carbons (Fsp3) is 0.333. The fourth-order valence-corrected chi connectivity index (χ4v) is 1.91. The minimum atomic E-state index is -1.05. The lowest BCUT2D eigenvalue weighted by Crippen LogP contribution is -2.37. The van der Waals surface area contributed by atoms with Gasteiger partial charge in [0.15, 0.2) is 0 Å². The number of hydrogen-bond acceptors (Lipinski definition) is 3. The van der Waals surface area contributed by atoms with Crippen molar-refractivity contribution in [3.8, 4) is 0 Å². The maximum atomic E-state index is 11.7. The third kappa shape index (κ3) is 4.85. The van der Waals surface area contributed by atoms with Crippen LogP contribution in [0.5, 0.6) is 0 Å².